The van der Waals surface area contributed by atoms with E-state index in [-0.39, 0.29) is 11.4 Å². The molecule has 0 radical (unpaired) electrons. The zero-order valence-electron chi connectivity index (χ0n) is 15.1. The van der Waals surface area contributed by atoms with Crippen LogP contribution in [0.25, 0.3) is 5.69 Å². The van der Waals surface area contributed by atoms with E-state index in [9.17, 15) is 18.0 Å². The van der Waals surface area contributed by atoms with Gasteiger partial charge in [-0.15, -0.1) is 0 Å². The zero-order valence-corrected chi connectivity index (χ0v) is 15.1. The number of rotatable bonds is 5. The molecule has 0 saturated heterocycles. The molecule has 2 aromatic carbocycles. The minimum Gasteiger partial charge on any atom is -0.481 e. The Morgan fingerprint density at radius 1 is 1.21 bits per heavy atom. The molecule has 0 aliphatic rings. The number of nitrogens with zero attached hydrogens (tertiary/aromatic N) is 3. The van der Waals surface area contributed by atoms with Crippen LogP contribution < -0.4 is 10.1 Å². The summed E-state index contributed by atoms with van der Waals surface area (Å²) in [5, 5.41) is 6.40. The Hall–Kier alpha value is -3.36. The number of benzene rings is 2. The zero-order chi connectivity index (χ0) is 20.3. The number of hydrogen-bond acceptors (Lipinski definition) is 4. The normalized spacial score (nSPS) is 12.5. The Morgan fingerprint density at radius 3 is 2.64 bits per heavy atom. The summed E-state index contributed by atoms with van der Waals surface area (Å²) < 4.78 is 46.1. The lowest BCUT2D eigenvalue weighted by Gasteiger charge is -2.18. The predicted molar refractivity (Wildman–Crippen MR) is 96.3 cm³/mol. The van der Waals surface area contributed by atoms with Crippen molar-refractivity contribution in [3.8, 4) is 11.4 Å². The van der Waals surface area contributed by atoms with Crippen LogP contribution >= 0.6 is 0 Å². The van der Waals surface area contributed by atoms with Gasteiger partial charge in [0.25, 0.3) is 5.91 Å². The maximum atomic E-state index is 13.1. The van der Waals surface area contributed by atoms with Crippen LogP contribution in [0.5, 0.6) is 5.75 Å². The Morgan fingerprint density at radius 2 is 2.00 bits per heavy atom. The average molecular weight is 390 g/mol. The summed E-state index contributed by atoms with van der Waals surface area (Å²) in [5.41, 5.74) is 0.266. The molecule has 0 bridgehead atoms. The first-order valence-corrected chi connectivity index (χ1v) is 8.34. The number of amides is 1. The maximum absolute atomic E-state index is 13.1. The lowest BCUT2D eigenvalue weighted by molar-refractivity contribution is -0.137. The molecule has 1 unspecified atom stereocenters. The topological polar surface area (TPSA) is 69.0 Å². The van der Waals surface area contributed by atoms with Crippen LogP contribution in [0, 0.1) is 6.92 Å². The monoisotopic (exact) mass is 390 g/mol. The van der Waals surface area contributed by atoms with Crippen molar-refractivity contribution >= 4 is 11.6 Å². The van der Waals surface area contributed by atoms with Crippen molar-refractivity contribution < 1.29 is 22.7 Å². The molecule has 0 aliphatic heterocycles. The van der Waals surface area contributed by atoms with Crippen molar-refractivity contribution in [1.82, 2.24) is 14.8 Å². The van der Waals surface area contributed by atoms with Gasteiger partial charge in [0.05, 0.1) is 16.9 Å². The second-order valence-electron chi connectivity index (χ2n) is 6.14. The Balaban J connectivity index is 1.85. The van der Waals surface area contributed by atoms with Crippen molar-refractivity contribution in [3.63, 3.8) is 0 Å². The first kappa shape index (κ1) is 19.4. The Bertz CT molecular complexity index is 972. The summed E-state index contributed by atoms with van der Waals surface area (Å²) in [6.45, 7) is 3.39. The molecule has 0 fully saturated rings. The molecule has 146 valence electrons. The number of carbonyl (C=O) groups is 1. The largest absolute Gasteiger partial charge is 0.481 e. The third-order valence-corrected chi connectivity index (χ3v) is 3.92. The van der Waals surface area contributed by atoms with Crippen molar-refractivity contribution in [2.45, 2.75) is 26.1 Å². The molecule has 0 saturated carbocycles. The van der Waals surface area contributed by atoms with E-state index in [1.165, 1.54) is 30.3 Å². The van der Waals surface area contributed by atoms with E-state index in [2.05, 4.69) is 15.4 Å². The molecule has 3 aromatic rings. The predicted octanol–water partition coefficient (Wildman–Crippen LogP) is 4.00. The summed E-state index contributed by atoms with van der Waals surface area (Å²) in [6.07, 6.45) is -2.92. The van der Waals surface area contributed by atoms with Crippen molar-refractivity contribution in [3.05, 3.63) is 66.2 Å². The highest BCUT2D eigenvalue weighted by Gasteiger charge is 2.31. The van der Waals surface area contributed by atoms with Crippen LogP contribution in [0.2, 0.25) is 0 Å². The lowest BCUT2D eigenvalue weighted by atomic mass is 10.1. The lowest BCUT2D eigenvalue weighted by Crippen LogP contribution is -2.30. The van der Waals surface area contributed by atoms with Gasteiger partial charge in [-0.1, -0.05) is 12.1 Å². The first-order chi connectivity index (χ1) is 13.2. The molecule has 3 rings (SSSR count). The van der Waals surface area contributed by atoms with Crippen LogP contribution in [-0.4, -0.2) is 26.8 Å². The molecule has 6 nitrogen and oxygen atoms in total. The first-order valence-electron chi connectivity index (χ1n) is 8.34. The average Bonchev–Trinajstić information content (AvgIpc) is 3.15. The van der Waals surface area contributed by atoms with Gasteiger partial charge >= 0.3 is 6.18 Å². The number of nitrogens with one attached hydrogen (secondary N) is 1. The molecule has 1 amide bonds. The van der Waals surface area contributed by atoms with Crippen molar-refractivity contribution in [1.29, 1.82) is 0 Å². The SMILES string of the molecule is Cc1cccc(OC(C)C(=O)Nc2cc(C(F)(F)F)ccc2-n2cncn2)c1. The summed E-state index contributed by atoms with van der Waals surface area (Å²) in [6, 6.07) is 10.1. The fourth-order valence-electron chi connectivity index (χ4n) is 2.53. The molecular formula is C19H17F3N4O2. The molecule has 0 aliphatic carbocycles. The fourth-order valence-corrected chi connectivity index (χ4v) is 2.53. The number of hydrogen-bond donors (Lipinski definition) is 1. The minimum absolute atomic E-state index is 0.0509. The molecule has 1 heterocycles. The number of alkyl halides is 3. The van der Waals surface area contributed by atoms with Gasteiger partial charge in [-0.2, -0.15) is 18.3 Å². The highest BCUT2D eigenvalue weighted by Crippen LogP contribution is 2.33. The third-order valence-electron chi connectivity index (χ3n) is 3.92. The van der Waals surface area contributed by atoms with E-state index in [1.807, 2.05) is 13.0 Å². The number of carbonyl (C=O) groups excluding carboxylic acids is 1. The van der Waals surface area contributed by atoms with Gasteiger partial charge in [0, 0.05) is 0 Å². The van der Waals surface area contributed by atoms with Crippen LogP contribution in [0.15, 0.2) is 55.1 Å². The standard InChI is InChI=1S/C19H17F3N4O2/c1-12-4-3-5-15(8-12)28-13(2)18(27)25-16-9-14(19(20,21)22)6-7-17(16)26-11-23-10-24-26/h3-11,13H,1-2H3,(H,25,27). The van der Waals surface area contributed by atoms with Gasteiger partial charge in [0.1, 0.15) is 18.4 Å². The van der Waals surface area contributed by atoms with Gasteiger partial charge in [0.15, 0.2) is 6.10 Å². The molecule has 0 spiro atoms. The molecule has 1 N–H and O–H groups in total. The summed E-state index contributed by atoms with van der Waals surface area (Å²) in [5.74, 6) is -0.106. The minimum atomic E-state index is -4.55. The fraction of sp³-hybridized carbons (Fsp3) is 0.211. The second-order valence-corrected chi connectivity index (χ2v) is 6.14. The van der Waals surface area contributed by atoms with Gasteiger partial charge in [0.2, 0.25) is 0 Å². The Kier molecular flexibility index (Phi) is 5.34. The summed E-state index contributed by atoms with van der Waals surface area (Å²) >= 11 is 0. The van der Waals surface area contributed by atoms with Crippen LogP contribution in [0.1, 0.15) is 18.1 Å². The molecule has 28 heavy (non-hydrogen) atoms. The van der Waals surface area contributed by atoms with E-state index < -0.39 is 23.8 Å². The van der Waals surface area contributed by atoms with Gasteiger partial charge in [-0.05, 0) is 49.7 Å². The van der Waals surface area contributed by atoms with Crippen LogP contribution in [-0.2, 0) is 11.0 Å². The van der Waals surface area contributed by atoms with Gasteiger partial charge in [-0.3, -0.25) is 4.79 Å². The second kappa shape index (κ2) is 7.71. The number of halogens is 3. The van der Waals surface area contributed by atoms with E-state index in [1.54, 1.807) is 18.2 Å². The van der Waals surface area contributed by atoms with E-state index >= 15 is 0 Å². The van der Waals surface area contributed by atoms with Gasteiger partial charge in [-0.25, -0.2) is 9.67 Å². The highest BCUT2D eigenvalue weighted by molar-refractivity contribution is 5.96. The number of aryl methyl sites for hydroxylation is 1. The van der Waals surface area contributed by atoms with Crippen LogP contribution in [0.4, 0.5) is 18.9 Å². The molecule has 9 heteroatoms. The smallest absolute Gasteiger partial charge is 0.416 e. The number of anilines is 1. The van der Waals surface area contributed by atoms with Crippen molar-refractivity contribution in [2.75, 3.05) is 5.32 Å². The highest BCUT2D eigenvalue weighted by atomic mass is 19.4. The molecule has 1 atom stereocenters. The van der Waals surface area contributed by atoms with E-state index in [0.717, 1.165) is 17.7 Å². The summed E-state index contributed by atoms with van der Waals surface area (Å²) in [7, 11) is 0. The third kappa shape index (κ3) is 4.48. The number of ether oxygens (including phenoxy) is 1. The quantitative estimate of drug-likeness (QED) is 0.715. The van der Waals surface area contributed by atoms with Crippen LogP contribution in [0.3, 0.4) is 0 Å². The van der Waals surface area contributed by atoms with E-state index in [0.29, 0.717) is 5.75 Å². The maximum Gasteiger partial charge on any atom is 0.416 e. The number of aromatic nitrogens is 3. The molecular weight excluding hydrogens is 373 g/mol. The van der Waals surface area contributed by atoms with Crippen molar-refractivity contribution in [2.24, 2.45) is 0 Å². The molecule has 1 aromatic heterocycles. The van der Waals surface area contributed by atoms with Gasteiger partial charge < -0.3 is 10.1 Å². The van der Waals surface area contributed by atoms with E-state index in [4.69, 9.17) is 4.74 Å². The summed E-state index contributed by atoms with van der Waals surface area (Å²) in [4.78, 5) is 16.3. The Labute approximate surface area is 159 Å².